The van der Waals surface area contributed by atoms with Gasteiger partial charge in [0, 0.05) is 7.11 Å². The van der Waals surface area contributed by atoms with Gasteiger partial charge in [0.05, 0.1) is 18.9 Å². The predicted molar refractivity (Wildman–Crippen MR) is 151 cm³/mol. The Bertz CT molecular complexity index is 1350. The van der Waals surface area contributed by atoms with Crippen LogP contribution < -0.4 is 15.9 Å². The lowest BCUT2D eigenvalue weighted by Crippen LogP contribution is -2.46. The van der Waals surface area contributed by atoms with Gasteiger partial charge in [-0.25, -0.2) is 24.1 Å². The number of methoxy groups -OCH3 is 1. The van der Waals surface area contributed by atoms with Gasteiger partial charge < -0.3 is 34.2 Å². The second-order valence-corrected chi connectivity index (χ2v) is 12.5. The Labute approximate surface area is 253 Å². The largest absolute Gasteiger partial charge is 0.465 e. The van der Waals surface area contributed by atoms with Crippen LogP contribution in [0.5, 0.6) is 0 Å². The summed E-state index contributed by atoms with van der Waals surface area (Å²) < 4.78 is 71.2. The molecule has 2 saturated heterocycles. The van der Waals surface area contributed by atoms with Gasteiger partial charge in [-0.2, -0.15) is 5.10 Å². The van der Waals surface area contributed by atoms with E-state index in [0.717, 1.165) is 0 Å². The molecule has 2 aliphatic rings. The minimum Gasteiger partial charge on any atom is -0.465 e. The number of nitrogens with one attached hydrogen (secondary N) is 2. The molecule has 16 nitrogen and oxygen atoms in total. The maximum atomic E-state index is 17.0. The quantitative estimate of drug-likeness (QED) is 0.187. The molecule has 4 N–H and O–H groups in total. The van der Waals surface area contributed by atoms with Crippen molar-refractivity contribution in [3.05, 3.63) is 24.2 Å². The smallest absolute Gasteiger partial charge is 0.342 e. The van der Waals surface area contributed by atoms with Crippen molar-refractivity contribution >= 4 is 30.9 Å². The number of carbonyl (C=O) groups is 2. The molecule has 4 rings (SSSR count). The van der Waals surface area contributed by atoms with E-state index in [9.17, 15) is 14.2 Å². The van der Waals surface area contributed by atoms with Crippen molar-refractivity contribution in [2.75, 3.05) is 32.7 Å². The Hall–Kier alpha value is -2.76. The second-order valence-electron chi connectivity index (χ2n) is 10.7. The maximum absolute atomic E-state index is 17.0. The van der Waals surface area contributed by atoms with Crippen molar-refractivity contribution in [2.45, 2.75) is 89.7 Å². The van der Waals surface area contributed by atoms with Gasteiger partial charge in [0.1, 0.15) is 42.2 Å². The summed E-state index contributed by atoms with van der Waals surface area (Å²) >= 11 is 0. The first-order chi connectivity index (χ1) is 20.8. The predicted octanol–water partition coefficient (Wildman–Crippen LogP) is 1.92. The van der Waals surface area contributed by atoms with Crippen LogP contribution in [0.3, 0.4) is 0 Å². The molecule has 0 amide bonds. The van der Waals surface area contributed by atoms with Gasteiger partial charge in [0.2, 0.25) is 0 Å². The van der Waals surface area contributed by atoms with E-state index in [1.54, 1.807) is 19.1 Å². The fraction of sp³-hybridized carbons (Fsp3) is 0.692. The fourth-order valence-corrected chi connectivity index (χ4v) is 6.75. The normalized spacial score (nSPS) is 28.1. The molecule has 2 fully saturated rings. The van der Waals surface area contributed by atoms with Gasteiger partial charge in [-0.15, -0.1) is 0 Å². The lowest BCUT2D eigenvalue weighted by atomic mass is 9.93. The summed E-state index contributed by atoms with van der Waals surface area (Å²) in [5.74, 6) is -4.05. The molecule has 0 saturated carbocycles. The second kappa shape index (κ2) is 13.7. The number of nitrogens with zero attached hydrogens (tertiary/aromatic N) is 3. The summed E-state index contributed by atoms with van der Waals surface area (Å²) in [7, 11) is -3.08. The number of nitrogens with two attached hydrogens (primary N) is 1. The molecule has 2 aromatic heterocycles. The van der Waals surface area contributed by atoms with E-state index in [0.29, 0.717) is 24.1 Å². The minimum atomic E-state index is -4.40. The van der Waals surface area contributed by atoms with E-state index >= 15 is 4.39 Å². The molecular formula is C26H40FN6O10P. The van der Waals surface area contributed by atoms with Crippen LogP contribution in [0.1, 0.15) is 53.2 Å². The van der Waals surface area contributed by atoms with Crippen LogP contribution >= 0.6 is 7.67 Å². The van der Waals surface area contributed by atoms with E-state index in [1.807, 2.05) is 13.8 Å². The van der Waals surface area contributed by atoms with E-state index < -0.39 is 68.4 Å². The summed E-state index contributed by atoms with van der Waals surface area (Å²) in [6, 6.07) is 0.942. The van der Waals surface area contributed by atoms with Gasteiger partial charge in [0.25, 0.3) is 12.3 Å². The Balaban J connectivity index is 1.62. The van der Waals surface area contributed by atoms with Crippen LogP contribution in [0.15, 0.2) is 18.5 Å². The van der Waals surface area contributed by atoms with Crippen molar-refractivity contribution in [3.63, 3.8) is 0 Å². The molecule has 7 atom stereocenters. The van der Waals surface area contributed by atoms with E-state index in [1.165, 1.54) is 31.8 Å². The third-order valence-electron chi connectivity index (χ3n) is 7.10. The van der Waals surface area contributed by atoms with Gasteiger partial charge >= 0.3 is 19.6 Å². The SMILES string of the molecule is CCCOC(=O)[C@H](C)NP(=O)(N[C@@H](C)C(=O)OCCC)OC[C@@]1(F)O[C@@](C)(c2ccc3c(N)ncnn23)[C@@H]2OC(OC)O[C@@H]21. The Morgan fingerprint density at radius 1 is 1.11 bits per heavy atom. The number of hydrogen-bond acceptors (Lipinski definition) is 13. The van der Waals surface area contributed by atoms with Crippen LogP contribution in [0.2, 0.25) is 0 Å². The van der Waals surface area contributed by atoms with Gasteiger partial charge in [0.15, 0.2) is 11.9 Å². The molecular weight excluding hydrogens is 606 g/mol. The average molecular weight is 647 g/mol. The van der Waals surface area contributed by atoms with E-state index in [2.05, 4.69) is 20.3 Å². The van der Waals surface area contributed by atoms with Gasteiger partial charge in [-0.05, 0) is 45.7 Å². The molecule has 0 aromatic carbocycles. The number of aromatic nitrogens is 3. The van der Waals surface area contributed by atoms with E-state index in [4.69, 9.17) is 38.7 Å². The molecule has 246 valence electrons. The zero-order valence-electron chi connectivity index (χ0n) is 25.5. The first-order valence-corrected chi connectivity index (χ1v) is 15.9. The number of esters is 2. The summed E-state index contributed by atoms with van der Waals surface area (Å²) in [5, 5.41) is 9.29. The van der Waals surface area contributed by atoms with Crippen LogP contribution in [0.4, 0.5) is 10.2 Å². The summed E-state index contributed by atoms with van der Waals surface area (Å²) in [5.41, 5.74) is 5.25. The lowest BCUT2D eigenvalue weighted by molar-refractivity contribution is -0.302. The fourth-order valence-electron chi connectivity index (χ4n) is 4.94. The molecule has 44 heavy (non-hydrogen) atoms. The van der Waals surface area contributed by atoms with Crippen molar-refractivity contribution in [2.24, 2.45) is 0 Å². The van der Waals surface area contributed by atoms with Crippen molar-refractivity contribution in [1.82, 2.24) is 24.8 Å². The lowest BCUT2D eigenvalue weighted by Gasteiger charge is -2.32. The topological polar surface area (TPSA) is 196 Å². The number of hydrogen-bond donors (Lipinski definition) is 3. The number of fused-ring (bicyclic) bond motifs is 2. The Kier molecular flexibility index (Phi) is 10.6. The van der Waals surface area contributed by atoms with Crippen molar-refractivity contribution in [3.8, 4) is 0 Å². The third-order valence-corrected chi connectivity index (χ3v) is 9.04. The molecule has 18 heteroatoms. The molecule has 0 bridgehead atoms. The number of rotatable bonds is 15. The monoisotopic (exact) mass is 646 g/mol. The highest BCUT2D eigenvalue weighted by atomic mass is 31.2. The van der Waals surface area contributed by atoms with E-state index in [-0.39, 0.29) is 19.0 Å². The van der Waals surface area contributed by atoms with Crippen LogP contribution in [0, 0.1) is 0 Å². The zero-order valence-corrected chi connectivity index (χ0v) is 26.4. The van der Waals surface area contributed by atoms with Gasteiger partial charge in [-0.1, -0.05) is 13.8 Å². The van der Waals surface area contributed by atoms with Crippen molar-refractivity contribution < 1.29 is 51.5 Å². The number of nitrogen functional groups attached to an aromatic ring is 1. The summed E-state index contributed by atoms with van der Waals surface area (Å²) in [6.45, 7) is 6.01. The van der Waals surface area contributed by atoms with Crippen LogP contribution in [-0.2, 0) is 52.7 Å². The highest BCUT2D eigenvalue weighted by molar-refractivity contribution is 7.54. The molecule has 0 radical (unpaired) electrons. The van der Waals surface area contributed by atoms with Crippen molar-refractivity contribution in [1.29, 1.82) is 0 Å². The Morgan fingerprint density at radius 2 is 1.70 bits per heavy atom. The minimum absolute atomic E-state index is 0.134. The molecule has 1 unspecified atom stereocenters. The zero-order chi connectivity index (χ0) is 32.3. The molecule has 0 aliphatic carbocycles. The third kappa shape index (κ3) is 6.89. The first kappa shape index (κ1) is 34.1. The molecule has 2 aromatic rings. The number of anilines is 1. The molecule has 2 aliphatic heterocycles. The van der Waals surface area contributed by atoms with Gasteiger partial charge in [-0.3, -0.25) is 18.7 Å². The molecule has 4 heterocycles. The first-order valence-electron chi connectivity index (χ1n) is 14.3. The van der Waals surface area contributed by atoms with Crippen LogP contribution in [-0.4, -0.2) is 90.1 Å². The number of halogens is 1. The highest BCUT2D eigenvalue weighted by Crippen LogP contribution is 2.53. The average Bonchev–Trinajstić information content (AvgIpc) is 3.68. The Morgan fingerprint density at radius 3 is 2.27 bits per heavy atom. The highest BCUT2D eigenvalue weighted by Gasteiger charge is 2.69. The van der Waals surface area contributed by atoms with Crippen LogP contribution in [0.25, 0.3) is 5.52 Å². The maximum Gasteiger partial charge on any atom is 0.342 e. The number of alkyl halides is 1. The summed E-state index contributed by atoms with van der Waals surface area (Å²) in [4.78, 5) is 28.9. The number of carbonyl (C=O) groups excluding carboxylic acids is 2. The summed E-state index contributed by atoms with van der Waals surface area (Å²) in [6.07, 6.45) is -0.163. The molecule has 0 spiro atoms. The standard InChI is InChI=1S/C26H40FN6O10P/c1-7-11-38-22(34)15(3)31-44(36,32-16(4)23(35)39-12-8-2)40-13-26(27)20-19(41-24(37-6)42-20)25(5,43-26)18-10-9-17-21(28)29-14-30-33(17)18/h9-10,14-16,19-20,24H,7-8,11-13H2,1-6H3,(H2,28,29,30)(H2,31,32,36)/t15-,16-,19+,20-,24?,25-,26+/m0/s1. The number of ether oxygens (including phenoxy) is 6.